The molecule has 0 aromatic heterocycles. The molecule has 5 nitrogen and oxygen atoms in total. The molecular formula is C11H21N3O2S. The second-order valence-electron chi connectivity index (χ2n) is 4.84. The molecule has 0 radical (unpaired) electrons. The van der Waals surface area contributed by atoms with E-state index in [-0.39, 0.29) is 5.91 Å². The Kier molecular flexibility index (Phi) is 4.53. The average molecular weight is 259 g/mol. The van der Waals surface area contributed by atoms with Crippen LogP contribution in [0.1, 0.15) is 12.8 Å². The highest BCUT2D eigenvalue weighted by Crippen LogP contribution is 2.09. The van der Waals surface area contributed by atoms with Crippen molar-refractivity contribution in [1.82, 2.24) is 9.80 Å². The van der Waals surface area contributed by atoms with Crippen LogP contribution in [0.25, 0.3) is 0 Å². The van der Waals surface area contributed by atoms with E-state index in [1.54, 1.807) is 0 Å². The Morgan fingerprint density at radius 2 is 1.76 bits per heavy atom. The lowest BCUT2D eigenvalue weighted by molar-refractivity contribution is -0.132. The summed E-state index contributed by atoms with van der Waals surface area (Å²) < 4.78 is 11.2. The number of rotatable bonds is 2. The molecular weight excluding hydrogens is 238 g/mol. The zero-order valence-corrected chi connectivity index (χ0v) is 11.0. The minimum atomic E-state index is -0.713. The zero-order chi connectivity index (χ0) is 12.3. The van der Waals surface area contributed by atoms with Gasteiger partial charge >= 0.3 is 0 Å². The Morgan fingerprint density at radius 3 is 2.35 bits per heavy atom. The third-order valence-corrected chi connectivity index (χ3v) is 4.80. The quantitative estimate of drug-likeness (QED) is 0.691. The lowest BCUT2D eigenvalue weighted by Crippen LogP contribution is -2.48. The predicted molar refractivity (Wildman–Crippen MR) is 68.1 cm³/mol. The highest BCUT2D eigenvalue weighted by atomic mass is 32.2. The molecule has 2 aliphatic rings. The summed E-state index contributed by atoms with van der Waals surface area (Å²) >= 11 is 0. The van der Waals surface area contributed by atoms with Crippen molar-refractivity contribution in [1.29, 1.82) is 0 Å². The van der Waals surface area contributed by atoms with Crippen molar-refractivity contribution in [3.63, 3.8) is 0 Å². The van der Waals surface area contributed by atoms with Crippen LogP contribution in [0, 0.1) is 0 Å². The summed E-state index contributed by atoms with van der Waals surface area (Å²) in [4.78, 5) is 16.0. The smallest absolute Gasteiger partial charge is 0.236 e. The summed E-state index contributed by atoms with van der Waals surface area (Å²) in [5.41, 5.74) is 5.83. The molecule has 6 heteroatoms. The monoisotopic (exact) mass is 259 g/mol. The standard InChI is InChI=1S/C11H21N3O2S/c12-10-1-3-13(4-2-10)9-11(15)14-5-7-17(16)8-6-14/h10H,1-9,12H2. The molecule has 0 aliphatic carbocycles. The summed E-state index contributed by atoms with van der Waals surface area (Å²) in [7, 11) is -0.713. The van der Waals surface area contributed by atoms with E-state index in [2.05, 4.69) is 4.90 Å². The van der Waals surface area contributed by atoms with Crippen molar-refractivity contribution in [3.8, 4) is 0 Å². The molecule has 2 rings (SSSR count). The van der Waals surface area contributed by atoms with Gasteiger partial charge in [0.2, 0.25) is 5.91 Å². The minimum absolute atomic E-state index is 0.178. The second-order valence-corrected chi connectivity index (χ2v) is 6.54. The van der Waals surface area contributed by atoms with E-state index in [0.717, 1.165) is 25.9 Å². The third kappa shape index (κ3) is 3.76. The van der Waals surface area contributed by atoms with Crippen LogP contribution >= 0.6 is 0 Å². The molecule has 0 aromatic rings. The van der Waals surface area contributed by atoms with Crippen LogP contribution in [0.5, 0.6) is 0 Å². The Bertz CT molecular complexity index is 293. The molecule has 2 fully saturated rings. The van der Waals surface area contributed by atoms with Gasteiger partial charge in [-0.1, -0.05) is 0 Å². The Labute approximate surface area is 105 Å². The van der Waals surface area contributed by atoms with E-state index < -0.39 is 10.8 Å². The SMILES string of the molecule is NC1CCN(CC(=O)N2CCS(=O)CC2)CC1. The first-order chi connectivity index (χ1) is 8.15. The van der Waals surface area contributed by atoms with Crippen molar-refractivity contribution in [2.45, 2.75) is 18.9 Å². The highest BCUT2D eigenvalue weighted by Gasteiger charge is 2.23. The van der Waals surface area contributed by atoms with Crippen LogP contribution in [-0.4, -0.2) is 70.2 Å². The second kappa shape index (κ2) is 5.93. The summed E-state index contributed by atoms with van der Waals surface area (Å²) in [6, 6.07) is 0.304. The first-order valence-electron chi connectivity index (χ1n) is 6.26. The lowest BCUT2D eigenvalue weighted by Gasteiger charge is -2.32. The Morgan fingerprint density at radius 1 is 1.18 bits per heavy atom. The van der Waals surface area contributed by atoms with E-state index in [4.69, 9.17) is 5.73 Å². The fourth-order valence-electron chi connectivity index (χ4n) is 2.29. The molecule has 0 bridgehead atoms. The van der Waals surface area contributed by atoms with Gasteiger partial charge in [-0.05, 0) is 12.8 Å². The van der Waals surface area contributed by atoms with Crippen LogP contribution in [0.2, 0.25) is 0 Å². The average Bonchev–Trinajstić information content (AvgIpc) is 2.33. The van der Waals surface area contributed by atoms with Crippen molar-refractivity contribution in [2.75, 3.05) is 44.2 Å². The van der Waals surface area contributed by atoms with Gasteiger partial charge in [0.25, 0.3) is 0 Å². The number of likely N-dealkylation sites (tertiary alicyclic amines) is 1. The molecule has 2 aliphatic heterocycles. The maximum atomic E-state index is 12.0. The largest absolute Gasteiger partial charge is 0.340 e. The molecule has 1 amide bonds. The normalized spacial score (nSPS) is 25.1. The summed E-state index contributed by atoms with van der Waals surface area (Å²) in [6.07, 6.45) is 1.97. The Hall–Kier alpha value is -0.460. The van der Waals surface area contributed by atoms with Gasteiger partial charge in [0.1, 0.15) is 0 Å². The lowest BCUT2D eigenvalue weighted by atomic mass is 10.1. The summed E-state index contributed by atoms with van der Waals surface area (Å²) in [5.74, 6) is 1.45. The maximum Gasteiger partial charge on any atom is 0.236 e. The van der Waals surface area contributed by atoms with E-state index >= 15 is 0 Å². The molecule has 2 heterocycles. The fraction of sp³-hybridized carbons (Fsp3) is 0.909. The van der Waals surface area contributed by atoms with Crippen molar-refractivity contribution in [2.24, 2.45) is 5.73 Å². The van der Waals surface area contributed by atoms with Gasteiger partial charge < -0.3 is 10.6 Å². The Balaban J connectivity index is 1.75. The minimum Gasteiger partial charge on any atom is -0.340 e. The number of nitrogens with zero attached hydrogens (tertiary/aromatic N) is 2. The number of nitrogens with two attached hydrogens (primary N) is 1. The summed E-state index contributed by atoms with van der Waals surface area (Å²) in [6.45, 7) is 3.65. The van der Waals surface area contributed by atoms with Crippen LogP contribution in [0.15, 0.2) is 0 Å². The number of hydrogen-bond donors (Lipinski definition) is 1. The maximum absolute atomic E-state index is 12.0. The fourth-order valence-corrected chi connectivity index (χ4v) is 3.34. The first-order valence-corrected chi connectivity index (χ1v) is 7.74. The van der Waals surface area contributed by atoms with Crippen LogP contribution in [-0.2, 0) is 15.6 Å². The van der Waals surface area contributed by atoms with E-state index in [1.807, 2.05) is 4.90 Å². The highest BCUT2D eigenvalue weighted by molar-refractivity contribution is 7.85. The number of amides is 1. The molecule has 2 saturated heterocycles. The summed E-state index contributed by atoms with van der Waals surface area (Å²) in [5, 5.41) is 0. The van der Waals surface area contributed by atoms with Gasteiger partial charge in [-0.15, -0.1) is 0 Å². The molecule has 17 heavy (non-hydrogen) atoms. The van der Waals surface area contributed by atoms with Gasteiger partial charge in [0.05, 0.1) is 6.54 Å². The first kappa shape index (κ1) is 13.0. The van der Waals surface area contributed by atoms with Gasteiger partial charge in [-0.3, -0.25) is 13.9 Å². The number of piperidine rings is 1. The number of carbonyl (C=O) groups excluding carboxylic acids is 1. The van der Waals surface area contributed by atoms with Gasteiger partial charge in [-0.25, -0.2) is 0 Å². The molecule has 2 N–H and O–H groups in total. The van der Waals surface area contributed by atoms with Gasteiger partial charge in [0, 0.05) is 54.5 Å². The molecule has 0 saturated carbocycles. The number of hydrogen-bond acceptors (Lipinski definition) is 4. The molecule has 98 valence electrons. The van der Waals surface area contributed by atoms with Gasteiger partial charge in [-0.2, -0.15) is 0 Å². The molecule has 0 atom stereocenters. The zero-order valence-electron chi connectivity index (χ0n) is 10.1. The van der Waals surface area contributed by atoms with Crippen molar-refractivity contribution in [3.05, 3.63) is 0 Å². The van der Waals surface area contributed by atoms with Crippen molar-refractivity contribution >= 4 is 16.7 Å². The molecule has 0 spiro atoms. The molecule has 0 aromatic carbocycles. The van der Waals surface area contributed by atoms with E-state index in [0.29, 0.717) is 37.2 Å². The van der Waals surface area contributed by atoms with E-state index in [9.17, 15) is 9.00 Å². The predicted octanol–water partition coefficient (Wildman–Crippen LogP) is -1.000. The topological polar surface area (TPSA) is 66.6 Å². The van der Waals surface area contributed by atoms with Crippen LogP contribution in [0.3, 0.4) is 0 Å². The third-order valence-electron chi connectivity index (χ3n) is 3.52. The van der Waals surface area contributed by atoms with Gasteiger partial charge in [0.15, 0.2) is 0 Å². The van der Waals surface area contributed by atoms with E-state index in [1.165, 1.54) is 0 Å². The number of carbonyl (C=O) groups is 1. The van der Waals surface area contributed by atoms with Crippen LogP contribution in [0.4, 0.5) is 0 Å². The molecule has 0 unspecified atom stereocenters. The van der Waals surface area contributed by atoms with Crippen molar-refractivity contribution < 1.29 is 9.00 Å². The van der Waals surface area contributed by atoms with Crippen LogP contribution < -0.4 is 5.73 Å².